The van der Waals surface area contributed by atoms with Crippen molar-refractivity contribution in [1.82, 2.24) is 15.0 Å². The summed E-state index contributed by atoms with van der Waals surface area (Å²) in [5.74, 6) is -1.35. The van der Waals surface area contributed by atoms with Gasteiger partial charge in [-0.3, -0.25) is 14.3 Å². The minimum absolute atomic E-state index is 0.115. The summed E-state index contributed by atoms with van der Waals surface area (Å²) >= 11 is 0. The molecule has 4 N–H and O–H groups in total. The number of aliphatic hydroxyl groups is 1. The molecular weight excluding hydrogens is 603 g/mol. The number of halogens is 1. The van der Waals surface area contributed by atoms with Crippen LogP contribution in [0.4, 0.5) is 21.2 Å². The van der Waals surface area contributed by atoms with Gasteiger partial charge in [0.2, 0.25) is 8.41 Å². The molecule has 46 heavy (non-hydrogen) atoms. The number of ether oxygens (including phenoxy) is 1. The van der Waals surface area contributed by atoms with E-state index in [4.69, 9.17) is 10.5 Å². The lowest BCUT2D eigenvalue weighted by Gasteiger charge is -2.31. The molecule has 0 radical (unpaired) electrons. The monoisotopic (exact) mass is 642 g/mol. The smallest absolute Gasteiger partial charge is 0.264 e. The van der Waals surface area contributed by atoms with E-state index in [1.165, 1.54) is 0 Å². The van der Waals surface area contributed by atoms with Crippen LogP contribution in [0.5, 0.6) is 0 Å². The fraction of sp³-hybridized carbons (Fsp3) is 0.353. The van der Waals surface area contributed by atoms with Crippen LogP contribution in [0.25, 0.3) is 0 Å². The molecule has 3 aromatic carbocycles. The van der Waals surface area contributed by atoms with Gasteiger partial charge in [0, 0.05) is 53.8 Å². The van der Waals surface area contributed by atoms with Gasteiger partial charge in [-0.25, -0.2) is 0 Å². The summed E-state index contributed by atoms with van der Waals surface area (Å²) in [6.45, 7) is 5.50. The normalized spacial score (nSPS) is 23.1. The maximum absolute atomic E-state index is 16.2. The predicted molar refractivity (Wildman–Crippen MR) is 177 cm³/mol. The zero-order valence-corrected chi connectivity index (χ0v) is 27.4. The van der Waals surface area contributed by atoms with Crippen LogP contribution in [0.2, 0.25) is 18.6 Å². The van der Waals surface area contributed by atoms with Crippen LogP contribution in [0, 0.1) is 5.92 Å². The number of anilines is 3. The van der Waals surface area contributed by atoms with E-state index in [0.717, 1.165) is 5.56 Å². The first-order valence-electron chi connectivity index (χ1n) is 15.5. The maximum Gasteiger partial charge on any atom is 0.264 e. The Morgan fingerprint density at radius 3 is 2.54 bits per heavy atom. The first-order valence-corrected chi connectivity index (χ1v) is 18.4. The largest absolute Gasteiger partial charge is 0.399 e. The number of nitrogen functional groups attached to an aromatic ring is 1. The Bertz CT molecular complexity index is 1740. The molecule has 1 unspecified atom stereocenters. The third-order valence-corrected chi connectivity index (χ3v) is 11.9. The molecular formula is C34H39FN6O4Si. The van der Waals surface area contributed by atoms with Crippen molar-refractivity contribution in [2.24, 2.45) is 5.92 Å². The zero-order chi connectivity index (χ0) is 32.8. The summed E-state index contributed by atoms with van der Waals surface area (Å²) in [5, 5.41) is 21.6. The fourth-order valence-corrected chi connectivity index (χ4v) is 9.78. The molecule has 0 aliphatic carbocycles. The van der Waals surface area contributed by atoms with Crippen LogP contribution in [0.15, 0.2) is 79.0 Å². The van der Waals surface area contributed by atoms with Gasteiger partial charge < -0.3 is 29.9 Å². The number of likely N-dealkylation sites (N-methyl/N-ethyl adjacent to an activating group) is 1. The van der Waals surface area contributed by atoms with Gasteiger partial charge in [-0.15, -0.1) is 5.10 Å². The average molecular weight is 643 g/mol. The molecule has 1 aromatic heterocycles. The van der Waals surface area contributed by atoms with Crippen LogP contribution < -0.4 is 16.0 Å². The van der Waals surface area contributed by atoms with Crippen LogP contribution >= 0.6 is 0 Å². The predicted octanol–water partition coefficient (Wildman–Crippen LogP) is 5.08. The SMILES string of the molecule is C[C@H]1[C@H]([Si](C)(C)F)[C@@H](CCn2cc(C(CO)c3ccccc3)nn2)O[C@]12C(=O)N(C)c1ccc(NC(=O)c3ccc(N)cc3)cc12. The van der Waals surface area contributed by atoms with Gasteiger partial charge in [-0.2, -0.15) is 0 Å². The summed E-state index contributed by atoms with van der Waals surface area (Å²) in [5.41, 5.74) is 8.24. The van der Waals surface area contributed by atoms with Crippen LogP contribution in [-0.4, -0.2) is 60.1 Å². The van der Waals surface area contributed by atoms with E-state index in [9.17, 15) is 14.7 Å². The number of rotatable bonds is 9. The second kappa shape index (κ2) is 12.1. The van der Waals surface area contributed by atoms with Gasteiger partial charge in [-0.1, -0.05) is 42.5 Å². The fourth-order valence-electron chi connectivity index (χ4n) is 7.24. The molecule has 1 spiro atoms. The Hall–Kier alpha value is -4.39. The number of fused-ring (bicyclic) bond motifs is 2. The molecule has 1 saturated heterocycles. The molecule has 0 bridgehead atoms. The average Bonchev–Trinajstić information content (AvgIpc) is 3.68. The number of aryl methyl sites for hydroxylation is 1. The lowest BCUT2D eigenvalue weighted by atomic mass is 9.82. The van der Waals surface area contributed by atoms with E-state index in [-0.39, 0.29) is 24.3 Å². The summed E-state index contributed by atoms with van der Waals surface area (Å²) in [4.78, 5) is 28.6. The highest BCUT2D eigenvalue weighted by Gasteiger charge is 2.66. The Balaban J connectivity index is 1.27. The molecule has 6 rings (SSSR count). The first-order chi connectivity index (χ1) is 21.9. The van der Waals surface area contributed by atoms with Crippen molar-refractivity contribution in [2.45, 2.75) is 56.1 Å². The topological polar surface area (TPSA) is 136 Å². The summed E-state index contributed by atoms with van der Waals surface area (Å²) in [6, 6.07) is 21.5. The molecule has 2 aliphatic heterocycles. The van der Waals surface area contributed by atoms with Crippen molar-refractivity contribution in [3.8, 4) is 0 Å². The number of hydrogen-bond acceptors (Lipinski definition) is 7. The van der Waals surface area contributed by atoms with Gasteiger partial charge in [-0.05, 0) is 67.5 Å². The second-order valence-electron chi connectivity index (χ2n) is 12.8. The summed E-state index contributed by atoms with van der Waals surface area (Å²) in [7, 11) is -1.67. The number of nitrogens with one attached hydrogen (secondary N) is 1. The molecule has 0 saturated carbocycles. The number of amides is 2. The second-order valence-corrected chi connectivity index (χ2v) is 16.6. The zero-order valence-electron chi connectivity index (χ0n) is 26.4. The van der Waals surface area contributed by atoms with Crippen molar-refractivity contribution in [1.29, 1.82) is 0 Å². The molecule has 5 atom stereocenters. The van der Waals surface area contributed by atoms with E-state index in [1.807, 2.05) is 37.3 Å². The van der Waals surface area contributed by atoms with Crippen LogP contribution in [-0.2, 0) is 21.7 Å². The van der Waals surface area contributed by atoms with Crippen molar-refractivity contribution in [3.05, 3.63) is 101 Å². The van der Waals surface area contributed by atoms with Gasteiger partial charge in [0.05, 0.1) is 30.0 Å². The highest BCUT2D eigenvalue weighted by molar-refractivity contribution is 6.72. The molecule has 3 heterocycles. The molecule has 2 amide bonds. The molecule has 2 aliphatic rings. The van der Waals surface area contributed by atoms with Crippen LogP contribution in [0.1, 0.15) is 46.4 Å². The van der Waals surface area contributed by atoms with E-state index in [2.05, 4.69) is 15.6 Å². The van der Waals surface area contributed by atoms with E-state index in [0.29, 0.717) is 46.8 Å². The Morgan fingerprint density at radius 2 is 1.87 bits per heavy atom. The molecule has 12 heteroatoms. The molecule has 10 nitrogen and oxygen atoms in total. The third-order valence-electron chi connectivity index (χ3n) is 9.46. The number of nitrogens with two attached hydrogens (primary N) is 1. The lowest BCUT2D eigenvalue weighted by Crippen LogP contribution is -2.44. The number of carbonyl (C=O) groups excluding carboxylic acids is 2. The highest BCUT2D eigenvalue weighted by Crippen LogP contribution is 2.60. The standard InChI is InChI=1S/C34H39FN6O4Si/c1-21-31(46(3,4)35)30(16-17-41-19-28(38-39-41)26(20-42)22-8-6-5-7-9-22)45-34(21)27-18-25(14-15-29(27)40(2)33(34)44)37-32(43)23-10-12-24(36)13-11-23/h5-15,18-19,21,26,30-31,42H,16-17,20,36H2,1-4H3,(H,37,43)/t21-,26?,30+,31-,34+/m0/s1. The molecule has 1 fully saturated rings. The van der Waals surface area contributed by atoms with Crippen molar-refractivity contribution in [3.63, 3.8) is 0 Å². The minimum atomic E-state index is -3.36. The molecule has 240 valence electrons. The number of nitrogens with zero attached hydrogens (tertiary/aromatic N) is 4. The van der Waals surface area contributed by atoms with Crippen molar-refractivity contribution < 1.29 is 23.5 Å². The van der Waals surface area contributed by atoms with E-state index >= 15 is 4.11 Å². The Kier molecular flexibility index (Phi) is 8.30. The molecule has 4 aromatic rings. The number of aromatic nitrogens is 3. The van der Waals surface area contributed by atoms with Crippen molar-refractivity contribution >= 4 is 37.3 Å². The van der Waals surface area contributed by atoms with Gasteiger partial charge in [0.1, 0.15) is 0 Å². The number of carbonyl (C=O) groups is 2. The summed E-state index contributed by atoms with van der Waals surface area (Å²) < 4.78 is 24.6. The number of hydrogen-bond donors (Lipinski definition) is 3. The van der Waals surface area contributed by atoms with Gasteiger partial charge in [0.25, 0.3) is 11.8 Å². The van der Waals surface area contributed by atoms with E-state index in [1.54, 1.807) is 78.4 Å². The minimum Gasteiger partial charge on any atom is -0.399 e. The lowest BCUT2D eigenvalue weighted by molar-refractivity contribution is -0.145. The van der Waals surface area contributed by atoms with Gasteiger partial charge in [0.15, 0.2) is 5.60 Å². The Labute approximate surface area is 268 Å². The third kappa shape index (κ3) is 5.50. The Morgan fingerprint density at radius 1 is 1.15 bits per heavy atom. The first kappa shape index (κ1) is 31.6. The van der Waals surface area contributed by atoms with Gasteiger partial charge >= 0.3 is 0 Å². The van der Waals surface area contributed by atoms with Crippen LogP contribution in [0.3, 0.4) is 0 Å². The quantitative estimate of drug-likeness (QED) is 0.132. The number of benzene rings is 3. The highest BCUT2D eigenvalue weighted by atomic mass is 28.4. The van der Waals surface area contributed by atoms with Crippen molar-refractivity contribution in [2.75, 3.05) is 29.6 Å². The maximum atomic E-state index is 16.2. The van der Waals surface area contributed by atoms with E-state index < -0.39 is 31.6 Å². The number of aliphatic hydroxyl groups excluding tert-OH is 1. The summed E-state index contributed by atoms with van der Waals surface area (Å²) in [6.07, 6.45) is 1.65.